The Morgan fingerprint density at radius 2 is 1.14 bits per heavy atom. The molecule has 230 valence electrons. The number of benzene rings is 2. The normalized spacial score (nSPS) is 36.5. The molecule has 1 unspecified atom stereocenters. The molecule has 11 heteroatoms. The molecule has 2 aliphatic heterocycles. The van der Waals surface area contributed by atoms with Crippen LogP contribution in [0, 0.1) is 23.7 Å². The molecule has 2 aromatic rings. The Morgan fingerprint density at radius 1 is 0.674 bits per heavy atom. The van der Waals surface area contributed by atoms with Gasteiger partial charge >= 0.3 is 0 Å². The van der Waals surface area contributed by atoms with Crippen LogP contribution in [-0.2, 0) is 15.1 Å². The maximum Gasteiger partial charge on any atom is 0.147 e. The second-order valence-electron chi connectivity index (χ2n) is 11.1. The standard InChI is InChI=1S/C32H36O11/c1-2-32(41)20-13-16(5-9-22-26(35)30(39)28(37)24(42-22)11-12-33)3-7-18(20)19-8-4-17(14-21(19)32)6-10-23-27(36)31(40)29(38)25(15-34)43-23/h3-4,7-8,13-14,22-31,33-41H,2,11-12,15H2,1H3/t22-,23-,24-,25-,26-,27-,28-,29-,30-,31-,32?/m1/s1. The zero-order chi connectivity index (χ0) is 31.1. The van der Waals surface area contributed by atoms with E-state index >= 15 is 0 Å². The van der Waals surface area contributed by atoms with E-state index in [2.05, 4.69) is 23.7 Å². The van der Waals surface area contributed by atoms with Crippen molar-refractivity contribution in [3.63, 3.8) is 0 Å². The number of aliphatic hydroxyl groups excluding tert-OH is 8. The van der Waals surface area contributed by atoms with Crippen molar-refractivity contribution in [1.29, 1.82) is 0 Å². The fourth-order valence-electron chi connectivity index (χ4n) is 5.89. The Balaban J connectivity index is 1.41. The molecule has 2 fully saturated rings. The van der Waals surface area contributed by atoms with Gasteiger partial charge in [-0.3, -0.25) is 0 Å². The van der Waals surface area contributed by atoms with Crippen LogP contribution in [0.5, 0.6) is 0 Å². The average molecular weight is 597 g/mol. The van der Waals surface area contributed by atoms with Gasteiger partial charge in [-0.2, -0.15) is 0 Å². The minimum atomic E-state index is -1.53. The lowest BCUT2D eigenvalue weighted by Gasteiger charge is -2.38. The summed E-state index contributed by atoms with van der Waals surface area (Å²) < 4.78 is 11.1. The molecule has 0 bridgehead atoms. The lowest BCUT2D eigenvalue weighted by atomic mass is 9.87. The zero-order valence-electron chi connectivity index (χ0n) is 23.4. The van der Waals surface area contributed by atoms with Crippen LogP contribution in [0.15, 0.2) is 36.4 Å². The van der Waals surface area contributed by atoms with Crippen molar-refractivity contribution in [2.45, 2.75) is 86.4 Å². The first-order valence-electron chi connectivity index (χ1n) is 14.2. The fourth-order valence-corrected chi connectivity index (χ4v) is 5.89. The van der Waals surface area contributed by atoms with Crippen LogP contribution < -0.4 is 0 Å². The molecule has 0 amide bonds. The summed E-state index contributed by atoms with van der Waals surface area (Å²) in [6, 6.07) is 10.6. The highest BCUT2D eigenvalue weighted by molar-refractivity contribution is 5.81. The van der Waals surface area contributed by atoms with Crippen LogP contribution in [0.3, 0.4) is 0 Å². The van der Waals surface area contributed by atoms with Gasteiger partial charge in [-0.25, -0.2) is 0 Å². The molecule has 2 heterocycles. The van der Waals surface area contributed by atoms with Gasteiger partial charge in [-0.05, 0) is 59.4 Å². The molecular formula is C32H36O11. The predicted octanol–water partition coefficient (Wildman–Crippen LogP) is -1.91. The van der Waals surface area contributed by atoms with Crippen molar-refractivity contribution in [2.75, 3.05) is 13.2 Å². The Bertz CT molecular complexity index is 1450. The van der Waals surface area contributed by atoms with Crippen molar-refractivity contribution in [2.24, 2.45) is 0 Å². The van der Waals surface area contributed by atoms with Gasteiger partial charge in [0, 0.05) is 17.7 Å². The van der Waals surface area contributed by atoms with Gasteiger partial charge in [0.15, 0.2) is 0 Å². The predicted molar refractivity (Wildman–Crippen MR) is 151 cm³/mol. The second kappa shape index (κ2) is 12.6. The first kappa shape index (κ1) is 31.5. The summed E-state index contributed by atoms with van der Waals surface area (Å²) in [6.45, 7) is 1.01. The largest absolute Gasteiger partial charge is 0.396 e. The van der Waals surface area contributed by atoms with E-state index < -0.39 is 73.2 Å². The molecular weight excluding hydrogens is 560 g/mol. The van der Waals surface area contributed by atoms with E-state index in [1.807, 2.05) is 19.1 Å². The highest BCUT2D eigenvalue weighted by Crippen LogP contribution is 2.49. The third-order valence-corrected chi connectivity index (χ3v) is 8.47. The van der Waals surface area contributed by atoms with E-state index in [1.165, 1.54) is 0 Å². The third-order valence-electron chi connectivity index (χ3n) is 8.47. The van der Waals surface area contributed by atoms with E-state index in [0.717, 1.165) is 11.1 Å². The Hall–Kier alpha value is -2.88. The molecule has 11 nitrogen and oxygen atoms in total. The SMILES string of the molecule is CCC1(O)c2cc(C#C[C@H]3O[C@H](CO)[C@@H](O)[C@H](O)[C@@H]3O)ccc2-c2ccc(C#C[C@H]3O[C@H](CCO)[C@@H](O)[C@H](O)[C@@H]3O)cc21. The fraction of sp³-hybridized carbons (Fsp3) is 0.500. The monoisotopic (exact) mass is 596 g/mol. The number of rotatable bonds is 4. The Labute approximate surface area is 248 Å². The summed E-state index contributed by atoms with van der Waals surface area (Å²) in [7, 11) is 0. The molecule has 11 atom stereocenters. The highest BCUT2D eigenvalue weighted by atomic mass is 16.5. The van der Waals surface area contributed by atoms with Crippen molar-refractivity contribution in [3.8, 4) is 34.8 Å². The lowest BCUT2D eigenvalue weighted by molar-refractivity contribution is -0.214. The molecule has 1 aliphatic carbocycles. The number of hydrogen-bond donors (Lipinski definition) is 9. The van der Waals surface area contributed by atoms with Crippen molar-refractivity contribution < 1.29 is 55.4 Å². The van der Waals surface area contributed by atoms with E-state index in [4.69, 9.17) is 9.47 Å². The Kier molecular flexibility index (Phi) is 9.26. The minimum Gasteiger partial charge on any atom is -0.396 e. The summed E-state index contributed by atoms with van der Waals surface area (Å²) in [5.74, 6) is 11.4. The number of aliphatic hydroxyl groups is 9. The van der Waals surface area contributed by atoms with Gasteiger partial charge < -0.3 is 55.4 Å². The average Bonchev–Trinajstić information content (AvgIpc) is 3.26. The molecule has 0 aromatic heterocycles. The Morgan fingerprint density at radius 3 is 1.58 bits per heavy atom. The quantitative estimate of drug-likeness (QED) is 0.178. The summed E-state index contributed by atoms with van der Waals surface area (Å²) in [6.07, 6.45) is -12.6. The number of hydrogen-bond acceptors (Lipinski definition) is 11. The van der Waals surface area contributed by atoms with E-state index in [0.29, 0.717) is 28.7 Å². The lowest BCUT2D eigenvalue weighted by Crippen LogP contribution is -2.58. The van der Waals surface area contributed by atoms with Crippen molar-refractivity contribution in [3.05, 3.63) is 58.7 Å². The zero-order valence-corrected chi connectivity index (χ0v) is 23.4. The third kappa shape index (κ3) is 5.71. The number of ether oxygens (including phenoxy) is 2. The first-order chi connectivity index (χ1) is 20.5. The molecule has 0 spiro atoms. The molecule has 5 rings (SSSR count). The molecule has 9 N–H and O–H groups in total. The van der Waals surface area contributed by atoms with Crippen LogP contribution in [0.25, 0.3) is 11.1 Å². The molecule has 0 saturated carbocycles. The van der Waals surface area contributed by atoms with E-state index in [9.17, 15) is 46.0 Å². The van der Waals surface area contributed by atoms with Gasteiger partial charge in [0.1, 0.15) is 60.5 Å². The summed E-state index contributed by atoms with van der Waals surface area (Å²) in [4.78, 5) is 0. The molecule has 43 heavy (non-hydrogen) atoms. The van der Waals surface area contributed by atoms with Gasteiger partial charge in [0.25, 0.3) is 0 Å². The van der Waals surface area contributed by atoms with Gasteiger partial charge in [0.05, 0.1) is 12.7 Å². The van der Waals surface area contributed by atoms with Crippen LogP contribution in [0.1, 0.15) is 42.0 Å². The summed E-state index contributed by atoms with van der Waals surface area (Å²) >= 11 is 0. The van der Waals surface area contributed by atoms with Crippen LogP contribution in [-0.4, -0.2) is 120 Å². The molecule has 3 aliphatic rings. The summed E-state index contributed by atoms with van der Waals surface area (Å²) in [5, 5.41) is 91.5. The maximum absolute atomic E-state index is 11.9. The van der Waals surface area contributed by atoms with Crippen LogP contribution in [0.2, 0.25) is 0 Å². The van der Waals surface area contributed by atoms with Gasteiger partial charge in [0.2, 0.25) is 0 Å². The van der Waals surface area contributed by atoms with E-state index in [1.54, 1.807) is 24.3 Å². The van der Waals surface area contributed by atoms with Crippen LogP contribution >= 0.6 is 0 Å². The smallest absolute Gasteiger partial charge is 0.147 e. The first-order valence-corrected chi connectivity index (χ1v) is 14.2. The highest BCUT2D eigenvalue weighted by Gasteiger charge is 2.44. The second-order valence-corrected chi connectivity index (χ2v) is 11.1. The van der Waals surface area contributed by atoms with Crippen molar-refractivity contribution in [1.82, 2.24) is 0 Å². The van der Waals surface area contributed by atoms with E-state index in [-0.39, 0.29) is 13.0 Å². The van der Waals surface area contributed by atoms with Gasteiger partial charge in [-0.1, -0.05) is 42.7 Å². The van der Waals surface area contributed by atoms with Crippen LogP contribution in [0.4, 0.5) is 0 Å². The summed E-state index contributed by atoms with van der Waals surface area (Å²) in [5.41, 5.74) is 2.49. The topological polar surface area (TPSA) is 201 Å². The van der Waals surface area contributed by atoms with Gasteiger partial charge in [-0.15, -0.1) is 0 Å². The minimum absolute atomic E-state index is 0.0681. The molecule has 2 saturated heterocycles. The van der Waals surface area contributed by atoms with Crippen molar-refractivity contribution >= 4 is 0 Å². The molecule has 2 aromatic carbocycles. The maximum atomic E-state index is 11.9. The molecule has 0 radical (unpaired) electrons. The number of fused-ring (bicyclic) bond motifs is 3.